The topological polar surface area (TPSA) is 66.8 Å². The fourth-order valence-corrected chi connectivity index (χ4v) is 2.99. The van der Waals surface area contributed by atoms with Gasteiger partial charge in [-0.25, -0.2) is 0 Å². The highest BCUT2D eigenvalue weighted by molar-refractivity contribution is 5.78. The Bertz CT molecular complexity index is 544. The van der Waals surface area contributed by atoms with Crippen LogP contribution in [-0.4, -0.2) is 41.1 Å². The van der Waals surface area contributed by atoms with Gasteiger partial charge in [-0.15, -0.1) is 0 Å². The van der Waals surface area contributed by atoms with Crippen molar-refractivity contribution in [1.29, 1.82) is 0 Å². The van der Waals surface area contributed by atoms with E-state index in [0.717, 1.165) is 37.0 Å². The van der Waals surface area contributed by atoms with Gasteiger partial charge in [-0.1, -0.05) is 12.1 Å². The quantitative estimate of drug-likeness (QED) is 0.748. The molecule has 1 atom stereocenters. The number of amides is 1. The van der Waals surface area contributed by atoms with Gasteiger partial charge in [0, 0.05) is 19.0 Å². The standard InChI is InChI=1S/C18H25NO4/c1-14-6-4-8-16(12-14)23-11-3-2-9-17(20)19-10-5-7-15(19)13-18(21)22/h4,6,8,12,15H,2-3,5,7,9-11,13H2,1H3,(H,21,22). The largest absolute Gasteiger partial charge is 0.494 e. The van der Waals surface area contributed by atoms with Gasteiger partial charge in [-0.05, 0) is 50.3 Å². The van der Waals surface area contributed by atoms with Crippen molar-refractivity contribution >= 4 is 11.9 Å². The minimum absolute atomic E-state index is 0.0577. The summed E-state index contributed by atoms with van der Waals surface area (Å²) in [6.45, 7) is 3.31. The maximum atomic E-state index is 12.2. The Hall–Kier alpha value is -2.04. The fraction of sp³-hybridized carbons (Fsp3) is 0.556. The molecule has 1 unspecified atom stereocenters. The summed E-state index contributed by atoms with van der Waals surface area (Å²) in [5.74, 6) is 0.1000. The van der Waals surface area contributed by atoms with E-state index >= 15 is 0 Å². The van der Waals surface area contributed by atoms with Crippen molar-refractivity contribution in [2.45, 2.75) is 51.5 Å². The van der Waals surface area contributed by atoms with E-state index in [1.54, 1.807) is 4.90 Å². The third kappa shape index (κ3) is 5.58. The van der Waals surface area contributed by atoms with Crippen molar-refractivity contribution in [1.82, 2.24) is 4.90 Å². The smallest absolute Gasteiger partial charge is 0.305 e. The molecule has 1 aliphatic rings. The Labute approximate surface area is 137 Å². The SMILES string of the molecule is Cc1cccc(OCCCCC(=O)N2CCCC2CC(=O)O)c1. The van der Waals surface area contributed by atoms with Gasteiger partial charge in [-0.2, -0.15) is 0 Å². The number of carboxylic acid groups (broad SMARTS) is 1. The fourth-order valence-electron chi connectivity index (χ4n) is 2.99. The molecule has 0 aromatic heterocycles. The molecule has 0 spiro atoms. The second-order valence-corrected chi connectivity index (χ2v) is 6.10. The number of hydrogen-bond donors (Lipinski definition) is 1. The van der Waals surface area contributed by atoms with Crippen molar-refractivity contribution in [2.75, 3.05) is 13.2 Å². The lowest BCUT2D eigenvalue weighted by molar-refractivity contribution is -0.139. The molecule has 1 saturated heterocycles. The van der Waals surface area contributed by atoms with E-state index in [1.807, 2.05) is 31.2 Å². The van der Waals surface area contributed by atoms with Crippen molar-refractivity contribution < 1.29 is 19.4 Å². The molecule has 1 fully saturated rings. The lowest BCUT2D eigenvalue weighted by Gasteiger charge is -2.23. The number of nitrogens with zero attached hydrogens (tertiary/aromatic N) is 1. The average Bonchev–Trinajstić information content (AvgIpc) is 2.94. The molecule has 0 bridgehead atoms. The van der Waals surface area contributed by atoms with Crippen LogP contribution < -0.4 is 4.74 Å². The number of ether oxygens (including phenoxy) is 1. The summed E-state index contributed by atoms with van der Waals surface area (Å²) in [7, 11) is 0. The summed E-state index contributed by atoms with van der Waals surface area (Å²) in [5.41, 5.74) is 1.16. The molecule has 0 aliphatic carbocycles. The normalized spacial score (nSPS) is 17.3. The molecule has 0 saturated carbocycles. The Morgan fingerprint density at radius 1 is 1.35 bits per heavy atom. The van der Waals surface area contributed by atoms with Crippen molar-refractivity contribution in [3.8, 4) is 5.75 Å². The van der Waals surface area contributed by atoms with Gasteiger partial charge in [0.05, 0.1) is 13.0 Å². The van der Waals surface area contributed by atoms with Gasteiger partial charge in [0.1, 0.15) is 5.75 Å². The summed E-state index contributed by atoms with van der Waals surface area (Å²) in [6.07, 6.45) is 3.81. The molecule has 1 aromatic rings. The second-order valence-electron chi connectivity index (χ2n) is 6.10. The molecule has 2 rings (SSSR count). The lowest BCUT2D eigenvalue weighted by Crippen LogP contribution is -2.36. The minimum atomic E-state index is -0.832. The minimum Gasteiger partial charge on any atom is -0.494 e. The number of aliphatic carboxylic acids is 1. The Morgan fingerprint density at radius 3 is 2.91 bits per heavy atom. The van der Waals surface area contributed by atoms with Crippen LogP contribution in [0.5, 0.6) is 5.75 Å². The highest BCUT2D eigenvalue weighted by atomic mass is 16.5. The number of carbonyl (C=O) groups excluding carboxylic acids is 1. The molecule has 5 heteroatoms. The van der Waals surface area contributed by atoms with Crippen LogP contribution in [0.25, 0.3) is 0 Å². The molecule has 1 amide bonds. The van der Waals surface area contributed by atoms with Crippen LogP contribution in [0.15, 0.2) is 24.3 Å². The summed E-state index contributed by atoms with van der Waals surface area (Å²) in [6, 6.07) is 7.79. The number of carboxylic acids is 1. The number of hydrogen-bond acceptors (Lipinski definition) is 3. The molecular weight excluding hydrogens is 294 g/mol. The number of carbonyl (C=O) groups is 2. The zero-order valence-electron chi connectivity index (χ0n) is 13.7. The van der Waals surface area contributed by atoms with E-state index in [4.69, 9.17) is 9.84 Å². The maximum Gasteiger partial charge on any atom is 0.305 e. The van der Waals surface area contributed by atoms with Crippen molar-refractivity contribution in [2.24, 2.45) is 0 Å². The van der Waals surface area contributed by atoms with Gasteiger partial charge in [0.15, 0.2) is 0 Å². The highest BCUT2D eigenvalue weighted by Crippen LogP contribution is 2.21. The first kappa shape index (κ1) is 17.3. The Morgan fingerprint density at radius 2 is 2.17 bits per heavy atom. The first-order valence-corrected chi connectivity index (χ1v) is 8.27. The number of benzene rings is 1. The van der Waals surface area contributed by atoms with Gasteiger partial charge in [0.2, 0.25) is 5.91 Å². The number of rotatable bonds is 8. The van der Waals surface area contributed by atoms with Crippen LogP contribution in [0.4, 0.5) is 0 Å². The maximum absolute atomic E-state index is 12.2. The van der Waals surface area contributed by atoms with E-state index < -0.39 is 5.97 Å². The van der Waals surface area contributed by atoms with E-state index in [9.17, 15) is 9.59 Å². The van der Waals surface area contributed by atoms with Gasteiger partial charge < -0.3 is 14.7 Å². The molecule has 23 heavy (non-hydrogen) atoms. The number of likely N-dealkylation sites (tertiary alicyclic amines) is 1. The highest BCUT2D eigenvalue weighted by Gasteiger charge is 2.29. The second kappa shape index (κ2) is 8.56. The third-order valence-corrected chi connectivity index (χ3v) is 4.15. The van der Waals surface area contributed by atoms with E-state index in [2.05, 4.69) is 0 Å². The first-order chi connectivity index (χ1) is 11.1. The monoisotopic (exact) mass is 319 g/mol. The summed E-state index contributed by atoms with van der Waals surface area (Å²) >= 11 is 0. The summed E-state index contributed by atoms with van der Waals surface area (Å²) in [5, 5.41) is 8.89. The van der Waals surface area contributed by atoms with Crippen LogP contribution in [0.2, 0.25) is 0 Å². The number of aryl methyl sites for hydroxylation is 1. The van der Waals surface area contributed by atoms with E-state index in [0.29, 0.717) is 19.6 Å². The third-order valence-electron chi connectivity index (χ3n) is 4.15. The predicted octanol–water partition coefficient (Wildman–Crippen LogP) is 3.01. The molecule has 5 nitrogen and oxygen atoms in total. The first-order valence-electron chi connectivity index (χ1n) is 8.27. The van der Waals surface area contributed by atoms with Crippen molar-refractivity contribution in [3.05, 3.63) is 29.8 Å². The van der Waals surface area contributed by atoms with E-state index in [-0.39, 0.29) is 18.4 Å². The predicted molar refractivity (Wildman–Crippen MR) is 87.5 cm³/mol. The van der Waals surface area contributed by atoms with Gasteiger partial charge >= 0.3 is 5.97 Å². The van der Waals surface area contributed by atoms with Crippen LogP contribution in [-0.2, 0) is 9.59 Å². The lowest BCUT2D eigenvalue weighted by atomic mass is 10.1. The Balaban J connectivity index is 1.65. The summed E-state index contributed by atoms with van der Waals surface area (Å²) < 4.78 is 5.67. The van der Waals surface area contributed by atoms with Gasteiger partial charge in [-0.3, -0.25) is 9.59 Å². The van der Waals surface area contributed by atoms with Gasteiger partial charge in [0.25, 0.3) is 0 Å². The van der Waals surface area contributed by atoms with Crippen LogP contribution >= 0.6 is 0 Å². The summed E-state index contributed by atoms with van der Waals surface area (Å²) in [4.78, 5) is 24.8. The molecule has 0 radical (unpaired) electrons. The van der Waals surface area contributed by atoms with E-state index in [1.165, 1.54) is 0 Å². The molecule has 1 N–H and O–H groups in total. The molecule has 1 aromatic carbocycles. The average molecular weight is 319 g/mol. The molecule has 1 aliphatic heterocycles. The molecule has 1 heterocycles. The molecule has 126 valence electrons. The zero-order chi connectivity index (χ0) is 16.7. The van der Waals surface area contributed by atoms with Crippen LogP contribution in [0.1, 0.15) is 44.1 Å². The molecular formula is C18H25NO4. The van der Waals surface area contributed by atoms with Crippen molar-refractivity contribution in [3.63, 3.8) is 0 Å². The van der Waals surface area contributed by atoms with Crippen LogP contribution in [0, 0.1) is 6.92 Å². The zero-order valence-corrected chi connectivity index (χ0v) is 13.7. The Kier molecular flexibility index (Phi) is 6.44. The van der Waals surface area contributed by atoms with Crippen LogP contribution in [0.3, 0.4) is 0 Å². The number of unbranched alkanes of at least 4 members (excludes halogenated alkanes) is 1.